The molecule has 0 saturated carbocycles. The molecular formula is C9H9N3O5S. The van der Waals surface area contributed by atoms with E-state index in [2.05, 4.69) is 5.10 Å². The summed E-state index contributed by atoms with van der Waals surface area (Å²) < 4.78 is 28.8. The molecule has 18 heavy (non-hydrogen) atoms. The van der Waals surface area contributed by atoms with E-state index in [0.29, 0.717) is 5.76 Å². The average molecular weight is 271 g/mol. The van der Waals surface area contributed by atoms with Crippen molar-refractivity contribution in [1.82, 2.24) is 9.78 Å². The summed E-state index contributed by atoms with van der Waals surface area (Å²) >= 11 is 0. The molecule has 0 amide bonds. The normalized spacial score (nSPS) is 11.6. The zero-order valence-electron chi connectivity index (χ0n) is 9.31. The van der Waals surface area contributed by atoms with Crippen LogP contribution in [0.5, 0.6) is 0 Å². The van der Waals surface area contributed by atoms with Crippen LogP contribution < -0.4 is 0 Å². The van der Waals surface area contributed by atoms with E-state index in [0.717, 1.165) is 12.5 Å². The van der Waals surface area contributed by atoms with Gasteiger partial charge in [-0.3, -0.25) is 14.8 Å². The fraction of sp³-hybridized carbons (Fsp3) is 0.222. The van der Waals surface area contributed by atoms with Crippen LogP contribution in [-0.4, -0.2) is 29.4 Å². The van der Waals surface area contributed by atoms with Crippen LogP contribution in [0.3, 0.4) is 0 Å². The molecule has 0 spiro atoms. The van der Waals surface area contributed by atoms with Crippen LogP contribution in [0.2, 0.25) is 0 Å². The molecular weight excluding hydrogens is 262 g/mol. The molecule has 2 aromatic heterocycles. The summed E-state index contributed by atoms with van der Waals surface area (Å²) in [6.07, 6.45) is 3.39. The minimum atomic E-state index is -3.39. The Hall–Kier alpha value is -2.16. The summed E-state index contributed by atoms with van der Waals surface area (Å²) in [5.41, 5.74) is -0.134. The van der Waals surface area contributed by atoms with Gasteiger partial charge in [-0.1, -0.05) is 0 Å². The molecule has 0 N–H and O–H groups in total. The average Bonchev–Trinajstić information content (AvgIpc) is 2.85. The van der Waals surface area contributed by atoms with Gasteiger partial charge in [-0.15, -0.1) is 0 Å². The van der Waals surface area contributed by atoms with Crippen LogP contribution in [0.1, 0.15) is 5.76 Å². The van der Waals surface area contributed by atoms with Crippen molar-refractivity contribution in [3.63, 3.8) is 0 Å². The molecule has 9 heteroatoms. The zero-order valence-corrected chi connectivity index (χ0v) is 10.1. The Labute approximate surface area is 102 Å². The lowest BCUT2D eigenvalue weighted by molar-refractivity contribution is -0.385. The molecule has 0 aliphatic heterocycles. The topological polar surface area (TPSA) is 108 Å². The van der Waals surface area contributed by atoms with Gasteiger partial charge in [0.05, 0.1) is 11.5 Å². The van der Waals surface area contributed by atoms with E-state index < -0.39 is 14.8 Å². The van der Waals surface area contributed by atoms with Crippen LogP contribution in [0, 0.1) is 10.1 Å². The molecule has 2 rings (SSSR count). The number of rotatable bonds is 4. The molecule has 0 saturated heterocycles. The largest absolute Gasteiger partial charge is 0.448 e. The lowest BCUT2D eigenvalue weighted by Crippen LogP contribution is -1.99. The van der Waals surface area contributed by atoms with Crippen LogP contribution in [-0.2, 0) is 16.4 Å². The van der Waals surface area contributed by atoms with Crippen LogP contribution in [0.15, 0.2) is 34.0 Å². The molecule has 0 unspecified atom stereocenters. The van der Waals surface area contributed by atoms with Gasteiger partial charge in [0.25, 0.3) is 0 Å². The smallest absolute Gasteiger partial charge is 0.307 e. The number of aromatic nitrogens is 2. The Morgan fingerprint density at radius 2 is 2.22 bits per heavy atom. The molecule has 0 radical (unpaired) electrons. The number of nitro groups is 1. The summed E-state index contributed by atoms with van der Waals surface area (Å²) in [7, 11) is -3.39. The number of hydrogen-bond acceptors (Lipinski definition) is 6. The molecule has 0 atom stereocenters. The van der Waals surface area contributed by atoms with Crippen LogP contribution in [0.4, 0.5) is 5.69 Å². The van der Waals surface area contributed by atoms with Gasteiger partial charge in [0.2, 0.25) is 14.9 Å². The van der Waals surface area contributed by atoms with Gasteiger partial charge < -0.3 is 4.42 Å². The number of sulfone groups is 1. The second-order valence-electron chi connectivity index (χ2n) is 3.65. The number of nitrogens with zero attached hydrogens (tertiary/aromatic N) is 3. The molecule has 0 aliphatic carbocycles. The van der Waals surface area contributed by atoms with Crippen molar-refractivity contribution >= 4 is 15.5 Å². The third-order valence-electron chi connectivity index (χ3n) is 2.15. The molecule has 0 aromatic carbocycles. The van der Waals surface area contributed by atoms with Crippen molar-refractivity contribution in [2.75, 3.05) is 6.26 Å². The highest BCUT2D eigenvalue weighted by Gasteiger charge is 2.14. The summed E-state index contributed by atoms with van der Waals surface area (Å²) in [5.74, 6) is 0.355. The molecule has 0 aliphatic rings. The van der Waals surface area contributed by atoms with Gasteiger partial charge in [0, 0.05) is 6.26 Å². The van der Waals surface area contributed by atoms with E-state index in [4.69, 9.17) is 4.42 Å². The van der Waals surface area contributed by atoms with E-state index in [-0.39, 0.29) is 17.3 Å². The van der Waals surface area contributed by atoms with Gasteiger partial charge in [0.15, 0.2) is 0 Å². The minimum absolute atomic E-state index is 0.128. The van der Waals surface area contributed by atoms with Crippen molar-refractivity contribution in [1.29, 1.82) is 0 Å². The lowest BCUT2D eigenvalue weighted by Gasteiger charge is -1.96. The highest BCUT2D eigenvalue weighted by Crippen LogP contribution is 2.15. The summed E-state index contributed by atoms with van der Waals surface area (Å²) in [4.78, 5) is 9.89. The van der Waals surface area contributed by atoms with E-state index in [9.17, 15) is 18.5 Å². The third-order valence-corrected chi connectivity index (χ3v) is 3.10. The van der Waals surface area contributed by atoms with Crippen molar-refractivity contribution in [2.45, 2.75) is 11.6 Å². The van der Waals surface area contributed by atoms with Gasteiger partial charge in [-0.05, 0) is 12.1 Å². The van der Waals surface area contributed by atoms with Crippen molar-refractivity contribution < 1.29 is 17.8 Å². The first-order chi connectivity index (χ1) is 8.36. The first-order valence-electron chi connectivity index (χ1n) is 4.82. The molecule has 8 nitrogen and oxygen atoms in total. The first-order valence-corrected chi connectivity index (χ1v) is 6.71. The summed E-state index contributed by atoms with van der Waals surface area (Å²) in [6, 6.07) is 2.83. The maximum atomic E-state index is 11.2. The Morgan fingerprint density at radius 3 is 2.72 bits per heavy atom. The van der Waals surface area contributed by atoms with Gasteiger partial charge in [-0.25, -0.2) is 8.42 Å². The highest BCUT2D eigenvalue weighted by molar-refractivity contribution is 7.90. The van der Waals surface area contributed by atoms with E-state index in [1.165, 1.54) is 23.0 Å². The third kappa shape index (κ3) is 2.56. The molecule has 0 bridgehead atoms. The molecule has 2 heterocycles. The SMILES string of the molecule is CS(=O)(=O)c1ccc(Cn2cc([N+](=O)[O-])cn2)o1. The Morgan fingerprint density at radius 1 is 1.50 bits per heavy atom. The van der Waals surface area contributed by atoms with Crippen LogP contribution in [0.25, 0.3) is 0 Å². The predicted octanol–water partition coefficient (Wildman–Crippen LogP) is 0.836. The molecule has 0 fully saturated rings. The fourth-order valence-corrected chi connectivity index (χ4v) is 1.91. The second-order valence-corrected chi connectivity index (χ2v) is 5.59. The Bertz CT molecular complexity index is 685. The Kier molecular flexibility index (Phi) is 2.91. The summed E-state index contributed by atoms with van der Waals surface area (Å²) in [6.45, 7) is 0.128. The second kappa shape index (κ2) is 4.26. The number of hydrogen-bond donors (Lipinski definition) is 0. The van der Waals surface area contributed by atoms with E-state index in [1.807, 2.05) is 0 Å². The highest BCUT2D eigenvalue weighted by atomic mass is 32.2. The summed E-state index contributed by atoms with van der Waals surface area (Å²) in [5, 5.41) is 14.1. The van der Waals surface area contributed by atoms with Crippen molar-refractivity contribution in [3.8, 4) is 0 Å². The van der Waals surface area contributed by atoms with Gasteiger partial charge in [0.1, 0.15) is 18.2 Å². The first kappa shape index (κ1) is 12.3. The van der Waals surface area contributed by atoms with Crippen molar-refractivity contribution in [2.24, 2.45) is 0 Å². The molecule has 96 valence electrons. The monoisotopic (exact) mass is 271 g/mol. The minimum Gasteiger partial charge on any atom is -0.448 e. The quantitative estimate of drug-likeness (QED) is 0.602. The van der Waals surface area contributed by atoms with Gasteiger partial charge in [-0.2, -0.15) is 5.10 Å². The lowest BCUT2D eigenvalue weighted by atomic mass is 10.4. The van der Waals surface area contributed by atoms with E-state index >= 15 is 0 Å². The van der Waals surface area contributed by atoms with Gasteiger partial charge >= 0.3 is 5.69 Å². The standard InChI is InChI=1S/C9H9N3O5S/c1-18(15,16)9-3-2-8(17-9)6-11-5-7(4-10-11)12(13)14/h2-5H,6H2,1H3. The van der Waals surface area contributed by atoms with Crippen LogP contribution >= 0.6 is 0 Å². The maximum Gasteiger partial charge on any atom is 0.307 e. The zero-order chi connectivity index (χ0) is 13.3. The predicted molar refractivity (Wildman–Crippen MR) is 59.8 cm³/mol. The maximum absolute atomic E-state index is 11.2. The van der Waals surface area contributed by atoms with E-state index in [1.54, 1.807) is 0 Å². The van der Waals surface area contributed by atoms with Crippen molar-refractivity contribution in [3.05, 3.63) is 40.4 Å². The number of furan rings is 1. The fourth-order valence-electron chi connectivity index (χ4n) is 1.34. The molecule has 2 aromatic rings. The Balaban J connectivity index is 2.19.